The van der Waals surface area contributed by atoms with E-state index in [9.17, 15) is 18.0 Å². The predicted octanol–water partition coefficient (Wildman–Crippen LogP) is 4.93. The highest BCUT2D eigenvalue weighted by molar-refractivity contribution is 7.92. The Labute approximate surface area is 245 Å². The molecule has 11 heteroatoms. The van der Waals surface area contributed by atoms with Crippen LogP contribution in [0.1, 0.15) is 25.0 Å². The van der Waals surface area contributed by atoms with Gasteiger partial charge in [0.15, 0.2) is 0 Å². The number of carbonyl (C=O) groups is 2. The third-order valence-electron chi connectivity index (χ3n) is 6.05. The van der Waals surface area contributed by atoms with E-state index in [-0.39, 0.29) is 35.6 Å². The van der Waals surface area contributed by atoms with Crippen LogP contribution in [0.4, 0.5) is 5.69 Å². The Bertz CT molecular complexity index is 1430. The number of rotatable bonds is 12. The summed E-state index contributed by atoms with van der Waals surface area (Å²) in [6.07, 6.45) is 1.21. The van der Waals surface area contributed by atoms with Gasteiger partial charge in [0.2, 0.25) is 21.8 Å². The topological polar surface area (TPSA) is 96.0 Å². The molecule has 3 aromatic rings. The first kappa shape index (κ1) is 31.3. The third kappa shape index (κ3) is 8.61. The second-order valence-electron chi connectivity index (χ2n) is 9.61. The number of amides is 2. The molecule has 214 valence electrons. The van der Waals surface area contributed by atoms with Crippen LogP contribution in [-0.2, 0) is 32.6 Å². The standard InChI is InChI=1S/C29H33Cl2N3O5S/c1-20(2)32-29(36)27(16-21-9-6-5-7-10-21)33(18-22-11-8-12-24(15-22)39-3)28(35)19-34(40(4,37)38)26-14-13-23(30)17-25(26)31/h5-15,17,20,27H,16,18-19H2,1-4H3,(H,32,36)/t27-/m1/s1. The van der Waals surface area contributed by atoms with Crippen LogP contribution in [0.25, 0.3) is 0 Å². The van der Waals surface area contributed by atoms with Crippen molar-refractivity contribution >= 4 is 50.7 Å². The Kier molecular flexibility index (Phi) is 10.8. The smallest absolute Gasteiger partial charge is 0.244 e. The second kappa shape index (κ2) is 13.9. The zero-order valence-corrected chi connectivity index (χ0v) is 25.1. The molecule has 0 bridgehead atoms. The second-order valence-corrected chi connectivity index (χ2v) is 12.4. The minimum Gasteiger partial charge on any atom is -0.497 e. The van der Waals surface area contributed by atoms with Crippen LogP contribution in [0.2, 0.25) is 10.0 Å². The summed E-state index contributed by atoms with van der Waals surface area (Å²) < 4.78 is 32.0. The van der Waals surface area contributed by atoms with Gasteiger partial charge in [0.05, 0.1) is 24.1 Å². The number of halogens is 2. The lowest BCUT2D eigenvalue weighted by atomic mass is 10.0. The maximum atomic E-state index is 14.1. The van der Waals surface area contributed by atoms with Crippen LogP contribution < -0.4 is 14.4 Å². The number of anilines is 1. The van der Waals surface area contributed by atoms with Crippen LogP contribution in [-0.4, -0.2) is 57.1 Å². The molecule has 0 aliphatic heterocycles. The molecule has 0 heterocycles. The molecule has 1 atom stereocenters. The first-order valence-electron chi connectivity index (χ1n) is 12.6. The van der Waals surface area contributed by atoms with Gasteiger partial charge in [0.1, 0.15) is 18.3 Å². The molecule has 0 saturated carbocycles. The van der Waals surface area contributed by atoms with Crippen molar-refractivity contribution < 1.29 is 22.7 Å². The molecule has 40 heavy (non-hydrogen) atoms. The number of methoxy groups -OCH3 is 1. The van der Waals surface area contributed by atoms with E-state index < -0.39 is 28.5 Å². The maximum Gasteiger partial charge on any atom is 0.244 e. The summed E-state index contributed by atoms with van der Waals surface area (Å²) in [5.41, 5.74) is 1.66. The molecular weight excluding hydrogens is 573 g/mol. The van der Waals surface area contributed by atoms with Crippen molar-refractivity contribution in [1.82, 2.24) is 10.2 Å². The summed E-state index contributed by atoms with van der Waals surface area (Å²) in [6, 6.07) is 19.7. The fourth-order valence-corrected chi connectivity index (χ4v) is 5.60. The number of benzene rings is 3. The normalized spacial score (nSPS) is 12.1. The molecule has 0 fully saturated rings. The summed E-state index contributed by atoms with van der Waals surface area (Å²) in [4.78, 5) is 29.0. The lowest BCUT2D eigenvalue weighted by molar-refractivity contribution is -0.140. The van der Waals surface area contributed by atoms with Gasteiger partial charge >= 0.3 is 0 Å². The fraction of sp³-hybridized carbons (Fsp3) is 0.310. The van der Waals surface area contributed by atoms with Crippen molar-refractivity contribution in [3.8, 4) is 5.75 Å². The Balaban J connectivity index is 2.09. The third-order valence-corrected chi connectivity index (χ3v) is 7.71. The van der Waals surface area contributed by atoms with Gasteiger partial charge in [-0.3, -0.25) is 13.9 Å². The molecule has 0 saturated heterocycles. The molecule has 2 amide bonds. The summed E-state index contributed by atoms with van der Waals surface area (Å²) >= 11 is 12.4. The Morgan fingerprint density at radius 1 is 0.950 bits per heavy atom. The van der Waals surface area contributed by atoms with Crippen LogP contribution in [0.5, 0.6) is 5.75 Å². The maximum absolute atomic E-state index is 14.1. The van der Waals surface area contributed by atoms with Crippen molar-refractivity contribution in [3.05, 3.63) is 94.0 Å². The average molecular weight is 607 g/mol. The minimum atomic E-state index is -3.95. The molecule has 0 aliphatic carbocycles. The van der Waals surface area contributed by atoms with E-state index in [1.54, 1.807) is 18.2 Å². The molecule has 0 spiro atoms. The lowest BCUT2D eigenvalue weighted by Gasteiger charge is -2.34. The number of hydrogen-bond acceptors (Lipinski definition) is 5. The van der Waals surface area contributed by atoms with Gasteiger partial charge in [-0.2, -0.15) is 0 Å². The van der Waals surface area contributed by atoms with Crippen LogP contribution in [0.15, 0.2) is 72.8 Å². The quantitative estimate of drug-likeness (QED) is 0.316. The van der Waals surface area contributed by atoms with Gasteiger partial charge in [-0.05, 0) is 55.3 Å². The molecule has 3 rings (SSSR count). The SMILES string of the molecule is COc1cccc(CN(C(=O)CN(c2ccc(Cl)cc2Cl)S(C)(=O)=O)[C@H](Cc2ccccc2)C(=O)NC(C)C)c1. The Morgan fingerprint density at radius 2 is 1.62 bits per heavy atom. The van der Waals surface area contributed by atoms with Gasteiger partial charge < -0.3 is 15.0 Å². The lowest BCUT2D eigenvalue weighted by Crippen LogP contribution is -2.54. The summed E-state index contributed by atoms with van der Waals surface area (Å²) in [7, 11) is -2.41. The van der Waals surface area contributed by atoms with E-state index in [1.165, 1.54) is 30.2 Å². The number of sulfonamides is 1. The highest BCUT2D eigenvalue weighted by Gasteiger charge is 2.33. The first-order valence-corrected chi connectivity index (χ1v) is 15.2. The van der Waals surface area contributed by atoms with Crippen molar-refractivity contribution in [2.75, 3.05) is 24.2 Å². The molecule has 0 aromatic heterocycles. The van der Waals surface area contributed by atoms with E-state index in [0.29, 0.717) is 16.3 Å². The molecule has 0 radical (unpaired) electrons. The summed E-state index contributed by atoms with van der Waals surface area (Å²) in [5.74, 6) is -0.355. The zero-order valence-electron chi connectivity index (χ0n) is 22.8. The molecule has 3 aromatic carbocycles. The first-order chi connectivity index (χ1) is 18.9. The van der Waals surface area contributed by atoms with Gasteiger partial charge in [0, 0.05) is 24.0 Å². The van der Waals surface area contributed by atoms with E-state index in [4.69, 9.17) is 27.9 Å². The van der Waals surface area contributed by atoms with Gasteiger partial charge in [-0.25, -0.2) is 8.42 Å². The molecule has 1 N–H and O–H groups in total. The number of ether oxygens (including phenoxy) is 1. The zero-order chi connectivity index (χ0) is 29.4. The summed E-state index contributed by atoms with van der Waals surface area (Å²) in [5, 5.41) is 3.31. The molecular formula is C29H33Cl2N3O5S. The van der Waals surface area contributed by atoms with E-state index in [2.05, 4.69) is 5.32 Å². The largest absolute Gasteiger partial charge is 0.497 e. The highest BCUT2D eigenvalue weighted by Crippen LogP contribution is 2.31. The number of carbonyl (C=O) groups excluding carboxylic acids is 2. The van der Waals surface area contributed by atoms with Crippen molar-refractivity contribution in [1.29, 1.82) is 0 Å². The minimum absolute atomic E-state index is 0.0327. The highest BCUT2D eigenvalue weighted by atomic mass is 35.5. The van der Waals surface area contributed by atoms with E-state index >= 15 is 0 Å². The Morgan fingerprint density at radius 3 is 2.23 bits per heavy atom. The van der Waals surface area contributed by atoms with Crippen molar-refractivity contribution in [2.45, 2.75) is 38.9 Å². The molecule has 0 unspecified atom stereocenters. The molecule has 8 nitrogen and oxygen atoms in total. The van der Waals surface area contributed by atoms with Crippen LogP contribution >= 0.6 is 23.2 Å². The van der Waals surface area contributed by atoms with Crippen LogP contribution in [0.3, 0.4) is 0 Å². The van der Waals surface area contributed by atoms with Crippen molar-refractivity contribution in [3.63, 3.8) is 0 Å². The predicted molar refractivity (Wildman–Crippen MR) is 159 cm³/mol. The molecule has 0 aliphatic rings. The number of nitrogens with one attached hydrogen (secondary N) is 1. The Hall–Kier alpha value is -3.27. The summed E-state index contributed by atoms with van der Waals surface area (Å²) in [6.45, 7) is 3.12. The van der Waals surface area contributed by atoms with E-state index in [1.807, 2.05) is 50.2 Å². The number of hydrogen-bond donors (Lipinski definition) is 1. The van der Waals surface area contributed by atoms with E-state index in [0.717, 1.165) is 16.1 Å². The van der Waals surface area contributed by atoms with Crippen molar-refractivity contribution in [2.24, 2.45) is 0 Å². The fourth-order valence-electron chi connectivity index (χ4n) is 4.18. The van der Waals surface area contributed by atoms with Gasteiger partial charge in [0.25, 0.3) is 0 Å². The number of nitrogens with zero attached hydrogens (tertiary/aromatic N) is 2. The monoisotopic (exact) mass is 605 g/mol. The van der Waals surface area contributed by atoms with Gasteiger partial charge in [-0.15, -0.1) is 0 Å². The van der Waals surface area contributed by atoms with Gasteiger partial charge in [-0.1, -0.05) is 65.7 Å². The van der Waals surface area contributed by atoms with Crippen LogP contribution in [0, 0.1) is 0 Å². The average Bonchev–Trinajstić information content (AvgIpc) is 2.89.